The molecule has 3 nitrogen and oxygen atoms in total. The summed E-state index contributed by atoms with van der Waals surface area (Å²) in [6.07, 6.45) is 6.45. The van der Waals surface area contributed by atoms with Crippen molar-refractivity contribution >= 4 is 17.2 Å². The minimum absolute atomic E-state index is 0.367. The van der Waals surface area contributed by atoms with Crippen LogP contribution in [-0.2, 0) is 6.42 Å². The Hall–Kier alpha value is -1.68. The largest absolute Gasteiger partial charge is 0.365 e. The van der Waals surface area contributed by atoms with Gasteiger partial charge in [0.1, 0.15) is 0 Å². The summed E-state index contributed by atoms with van der Waals surface area (Å²) in [4.78, 5) is 16.5. The molecular weight excluding hydrogens is 220 g/mol. The second kappa shape index (κ2) is 4.90. The summed E-state index contributed by atoms with van der Waals surface area (Å²) in [5.74, 6) is -0.367. The Balaban J connectivity index is 1.97. The zero-order chi connectivity index (χ0) is 11.4. The molecule has 2 aromatic rings. The number of hydrogen-bond acceptors (Lipinski definition) is 3. The van der Waals surface area contributed by atoms with Crippen molar-refractivity contribution in [2.75, 3.05) is 0 Å². The number of amides is 1. The average molecular weight is 231 g/mol. The second-order valence-corrected chi connectivity index (χ2v) is 4.45. The third-order valence-corrected chi connectivity index (χ3v) is 3.25. The van der Waals surface area contributed by atoms with Gasteiger partial charge >= 0.3 is 0 Å². The molecule has 16 heavy (non-hydrogen) atoms. The van der Waals surface area contributed by atoms with E-state index in [-0.39, 0.29) is 5.91 Å². The van der Waals surface area contributed by atoms with Gasteiger partial charge in [-0.25, -0.2) is 0 Å². The summed E-state index contributed by atoms with van der Waals surface area (Å²) in [6.45, 7) is 0. The molecule has 2 rings (SSSR count). The molecule has 0 saturated carbocycles. The molecule has 0 bridgehead atoms. The first-order chi connectivity index (χ1) is 7.75. The monoisotopic (exact) mass is 231 g/mol. The Labute approximate surface area is 97.9 Å². The lowest BCUT2D eigenvalue weighted by atomic mass is 10.1. The number of nitrogens with zero attached hydrogens (tertiary/aromatic N) is 1. The summed E-state index contributed by atoms with van der Waals surface area (Å²) in [7, 11) is 0. The van der Waals surface area contributed by atoms with Crippen molar-refractivity contribution in [1.82, 2.24) is 4.98 Å². The van der Waals surface area contributed by atoms with Crippen LogP contribution in [0.3, 0.4) is 0 Å². The maximum Gasteiger partial charge on any atom is 0.258 e. The van der Waals surface area contributed by atoms with Crippen LogP contribution in [-0.4, -0.2) is 10.9 Å². The van der Waals surface area contributed by atoms with Crippen molar-refractivity contribution in [3.63, 3.8) is 0 Å². The van der Waals surface area contributed by atoms with Gasteiger partial charge in [0.2, 0.25) is 0 Å². The van der Waals surface area contributed by atoms with Crippen LogP contribution in [0.15, 0.2) is 36.7 Å². The highest BCUT2D eigenvalue weighted by Gasteiger charge is 2.05. The van der Waals surface area contributed by atoms with Gasteiger partial charge in [0.25, 0.3) is 5.91 Å². The molecule has 81 valence electrons. The number of aromatic nitrogens is 1. The summed E-state index contributed by atoms with van der Waals surface area (Å²) in [5.41, 5.74) is 6.38. The molecule has 0 unspecified atom stereocenters. The van der Waals surface area contributed by atoms with Crippen LogP contribution in [0.5, 0.6) is 0 Å². The molecule has 2 heterocycles. The molecule has 2 N–H and O–H groups in total. The Morgan fingerprint density at radius 3 is 2.69 bits per heavy atom. The molecule has 4 heteroatoms. The van der Waals surface area contributed by atoms with E-state index in [9.17, 15) is 4.79 Å². The maximum atomic E-state index is 10.9. The van der Waals surface area contributed by atoms with E-state index in [1.165, 1.54) is 16.9 Å². The van der Waals surface area contributed by atoms with Crippen LogP contribution >= 0.6 is 11.3 Å². The second-order valence-electron chi connectivity index (χ2n) is 3.33. The standard InChI is InChI=1S/C12H11N2OS/c13-12(15)11-4-3-10(16-11)2-1-9-5-7-14-8-6-9/h2-8H,1H2,(H2,13,15). The number of thiophene rings is 1. The normalized spacial score (nSPS) is 10.2. The zero-order valence-electron chi connectivity index (χ0n) is 8.59. The van der Waals surface area contributed by atoms with Gasteiger partial charge in [-0.1, -0.05) is 0 Å². The molecule has 0 spiro atoms. The number of hydrogen-bond donors (Lipinski definition) is 1. The van der Waals surface area contributed by atoms with Crippen LogP contribution < -0.4 is 5.73 Å². The smallest absolute Gasteiger partial charge is 0.258 e. The van der Waals surface area contributed by atoms with Crippen molar-refractivity contribution in [1.29, 1.82) is 0 Å². The summed E-state index contributed by atoms with van der Waals surface area (Å²) in [5, 5.41) is 0. The molecule has 2 aromatic heterocycles. The quantitative estimate of drug-likeness (QED) is 0.875. The van der Waals surface area contributed by atoms with Crippen LogP contribution in [0, 0.1) is 6.42 Å². The van der Waals surface area contributed by atoms with Crippen molar-refractivity contribution in [3.8, 4) is 0 Å². The molecule has 0 atom stereocenters. The molecular formula is C12H11N2OS. The Morgan fingerprint density at radius 2 is 2.06 bits per heavy atom. The average Bonchev–Trinajstić information content (AvgIpc) is 2.76. The van der Waals surface area contributed by atoms with Crippen LogP contribution in [0.4, 0.5) is 0 Å². The fourth-order valence-corrected chi connectivity index (χ4v) is 2.13. The first kappa shape index (κ1) is 10.8. The van der Waals surface area contributed by atoms with E-state index in [2.05, 4.69) is 11.4 Å². The van der Waals surface area contributed by atoms with Crippen molar-refractivity contribution in [3.05, 3.63) is 58.4 Å². The summed E-state index contributed by atoms with van der Waals surface area (Å²) >= 11 is 1.41. The van der Waals surface area contributed by atoms with Gasteiger partial charge in [0, 0.05) is 23.7 Å². The molecule has 0 saturated heterocycles. The molecule has 0 fully saturated rings. The van der Waals surface area contributed by atoms with Crippen molar-refractivity contribution < 1.29 is 4.79 Å². The van der Waals surface area contributed by atoms with E-state index >= 15 is 0 Å². The number of nitrogens with two attached hydrogens (primary N) is 1. The van der Waals surface area contributed by atoms with E-state index in [0.29, 0.717) is 4.88 Å². The van der Waals surface area contributed by atoms with E-state index in [1.54, 1.807) is 18.5 Å². The first-order valence-corrected chi connectivity index (χ1v) is 5.69. The summed E-state index contributed by atoms with van der Waals surface area (Å²) < 4.78 is 0. The molecule has 0 aliphatic rings. The predicted octanol–water partition coefficient (Wildman–Crippen LogP) is 2.04. The maximum absolute atomic E-state index is 10.9. The van der Waals surface area contributed by atoms with Gasteiger partial charge in [-0.3, -0.25) is 9.78 Å². The topological polar surface area (TPSA) is 56.0 Å². The van der Waals surface area contributed by atoms with Gasteiger partial charge in [-0.05, 0) is 36.2 Å². The lowest BCUT2D eigenvalue weighted by molar-refractivity contribution is 0.100. The molecule has 0 aliphatic heterocycles. The Morgan fingerprint density at radius 1 is 1.31 bits per heavy atom. The lowest BCUT2D eigenvalue weighted by Crippen LogP contribution is -2.08. The van der Waals surface area contributed by atoms with Crippen LogP contribution in [0.25, 0.3) is 0 Å². The van der Waals surface area contributed by atoms with Gasteiger partial charge in [-0.15, -0.1) is 11.3 Å². The number of primary amides is 1. The van der Waals surface area contributed by atoms with E-state index in [0.717, 1.165) is 11.3 Å². The molecule has 0 aromatic carbocycles. The van der Waals surface area contributed by atoms with Gasteiger partial charge in [-0.2, -0.15) is 0 Å². The Kier molecular flexibility index (Phi) is 3.31. The van der Waals surface area contributed by atoms with Gasteiger partial charge < -0.3 is 5.73 Å². The zero-order valence-corrected chi connectivity index (χ0v) is 9.41. The highest BCUT2D eigenvalue weighted by molar-refractivity contribution is 7.14. The third-order valence-electron chi connectivity index (χ3n) is 2.16. The van der Waals surface area contributed by atoms with Crippen LogP contribution in [0.2, 0.25) is 0 Å². The molecule has 0 aliphatic carbocycles. The highest BCUT2D eigenvalue weighted by Crippen LogP contribution is 2.19. The summed E-state index contributed by atoms with van der Waals surface area (Å²) in [6, 6.07) is 7.61. The fraction of sp³-hybridized carbons (Fsp3) is 0.0833. The number of rotatable bonds is 4. The molecule has 1 radical (unpaired) electrons. The van der Waals surface area contributed by atoms with E-state index < -0.39 is 0 Å². The van der Waals surface area contributed by atoms with Gasteiger partial charge in [0.05, 0.1) is 4.88 Å². The molecule has 1 amide bonds. The van der Waals surface area contributed by atoms with Crippen molar-refractivity contribution in [2.24, 2.45) is 5.73 Å². The fourth-order valence-electron chi connectivity index (χ4n) is 1.33. The van der Waals surface area contributed by atoms with E-state index in [4.69, 9.17) is 5.73 Å². The Bertz CT molecular complexity index is 479. The van der Waals surface area contributed by atoms with E-state index in [1.807, 2.05) is 18.2 Å². The first-order valence-electron chi connectivity index (χ1n) is 4.87. The number of carbonyl (C=O) groups excluding carboxylic acids is 1. The van der Waals surface area contributed by atoms with Crippen LogP contribution in [0.1, 0.15) is 20.1 Å². The lowest BCUT2D eigenvalue weighted by Gasteiger charge is -1.97. The van der Waals surface area contributed by atoms with Crippen molar-refractivity contribution in [2.45, 2.75) is 6.42 Å². The third kappa shape index (κ3) is 2.67. The van der Waals surface area contributed by atoms with Gasteiger partial charge in [0.15, 0.2) is 0 Å². The minimum Gasteiger partial charge on any atom is -0.365 e. The minimum atomic E-state index is -0.367. The predicted molar refractivity (Wildman–Crippen MR) is 64.2 cm³/mol. The highest BCUT2D eigenvalue weighted by atomic mass is 32.1. The number of pyridine rings is 1. The number of carbonyl (C=O) groups is 1. The SMILES string of the molecule is NC(=O)c1ccc([CH]Cc2ccncc2)s1.